The molecule has 1 aromatic rings. The Morgan fingerprint density at radius 1 is 1.29 bits per heavy atom. The van der Waals surface area contributed by atoms with Gasteiger partial charge < -0.3 is 10.1 Å². The summed E-state index contributed by atoms with van der Waals surface area (Å²) in [5, 5.41) is 2.60. The standard InChI is InChI=1S/C17H21NO5S/c1-12-3-5-14(6-4-12)7-8-16(19)23-13(2)17(20)18-15-9-10-24(21,22)11-15/h3-8,13,15H,9-11H2,1-2H3,(H,18,20)/b8-7+/t13-,15+/m0/s1. The van der Waals surface area contributed by atoms with Crippen LogP contribution in [0.25, 0.3) is 6.08 Å². The first-order valence-corrected chi connectivity index (χ1v) is 9.53. The SMILES string of the molecule is Cc1ccc(/C=C/C(=O)O[C@@H](C)C(=O)N[C@@H]2CCS(=O)(=O)C2)cc1. The maximum absolute atomic E-state index is 11.9. The molecule has 0 bridgehead atoms. The quantitative estimate of drug-likeness (QED) is 0.637. The van der Waals surface area contributed by atoms with Crippen LogP contribution >= 0.6 is 0 Å². The molecule has 130 valence electrons. The smallest absolute Gasteiger partial charge is 0.331 e. The number of hydrogen-bond acceptors (Lipinski definition) is 5. The first-order chi connectivity index (χ1) is 11.2. The van der Waals surface area contributed by atoms with Gasteiger partial charge in [0.2, 0.25) is 0 Å². The molecule has 6 nitrogen and oxygen atoms in total. The van der Waals surface area contributed by atoms with Crippen LogP contribution in [0.3, 0.4) is 0 Å². The number of esters is 1. The van der Waals surface area contributed by atoms with Crippen LogP contribution in [0.4, 0.5) is 0 Å². The van der Waals surface area contributed by atoms with Crippen LogP contribution in [0.5, 0.6) is 0 Å². The molecule has 0 saturated carbocycles. The van der Waals surface area contributed by atoms with E-state index >= 15 is 0 Å². The molecule has 1 N–H and O–H groups in total. The number of amides is 1. The van der Waals surface area contributed by atoms with Crippen LogP contribution in [0, 0.1) is 6.92 Å². The predicted molar refractivity (Wildman–Crippen MR) is 91.0 cm³/mol. The summed E-state index contributed by atoms with van der Waals surface area (Å²) in [6.07, 6.45) is 2.27. The fourth-order valence-corrected chi connectivity index (χ4v) is 4.01. The monoisotopic (exact) mass is 351 g/mol. The van der Waals surface area contributed by atoms with Crippen molar-refractivity contribution in [2.24, 2.45) is 0 Å². The van der Waals surface area contributed by atoms with Crippen molar-refractivity contribution < 1.29 is 22.7 Å². The van der Waals surface area contributed by atoms with Crippen LogP contribution in [-0.4, -0.2) is 43.9 Å². The van der Waals surface area contributed by atoms with Crippen molar-refractivity contribution in [2.45, 2.75) is 32.4 Å². The van der Waals surface area contributed by atoms with Gasteiger partial charge in [0.25, 0.3) is 5.91 Å². The molecule has 0 spiro atoms. The van der Waals surface area contributed by atoms with Gasteiger partial charge >= 0.3 is 5.97 Å². The lowest BCUT2D eigenvalue weighted by Gasteiger charge is -2.15. The van der Waals surface area contributed by atoms with Crippen LogP contribution in [0.2, 0.25) is 0 Å². The Morgan fingerprint density at radius 3 is 2.54 bits per heavy atom. The number of hydrogen-bond donors (Lipinski definition) is 1. The summed E-state index contributed by atoms with van der Waals surface area (Å²) in [5.41, 5.74) is 1.97. The number of sulfone groups is 1. The van der Waals surface area contributed by atoms with Gasteiger partial charge in [-0.25, -0.2) is 13.2 Å². The van der Waals surface area contributed by atoms with Gasteiger partial charge in [-0.05, 0) is 31.9 Å². The highest BCUT2D eigenvalue weighted by molar-refractivity contribution is 7.91. The summed E-state index contributed by atoms with van der Waals surface area (Å²) in [7, 11) is -3.07. The van der Waals surface area contributed by atoms with Gasteiger partial charge in [0.1, 0.15) is 0 Å². The van der Waals surface area contributed by atoms with Gasteiger partial charge in [-0.1, -0.05) is 29.8 Å². The second kappa shape index (κ2) is 7.61. The first kappa shape index (κ1) is 18.2. The minimum atomic E-state index is -3.07. The molecule has 1 amide bonds. The van der Waals surface area contributed by atoms with Gasteiger partial charge in [-0.3, -0.25) is 4.79 Å². The fourth-order valence-electron chi connectivity index (χ4n) is 2.34. The topological polar surface area (TPSA) is 89.5 Å². The first-order valence-electron chi connectivity index (χ1n) is 7.71. The van der Waals surface area contributed by atoms with Crippen molar-refractivity contribution in [2.75, 3.05) is 11.5 Å². The zero-order chi connectivity index (χ0) is 17.7. The Morgan fingerprint density at radius 2 is 1.96 bits per heavy atom. The molecular weight excluding hydrogens is 330 g/mol. The van der Waals surface area contributed by atoms with Crippen molar-refractivity contribution in [3.8, 4) is 0 Å². The lowest BCUT2D eigenvalue weighted by atomic mass is 10.1. The summed E-state index contributed by atoms with van der Waals surface area (Å²) in [6, 6.07) is 7.19. The Balaban J connectivity index is 1.82. The van der Waals surface area contributed by atoms with Crippen LogP contribution in [0.15, 0.2) is 30.3 Å². The number of ether oxygens (including phenoxy) is 1. The van der Waals surface area contributed by atoms with Crippen LogP contribution in [-0.2, 0) is 24.2 Å². The lowest BCUT2D eigenvalue weighted by molar-refractivity contribution is -0.150. The maximum Gasteiger partial charge on any atom is 0.331 e. The number of aryl methyl sites for hydroxylation is 1. The van der Waals surface area contributed by atoms with Gasteiger partial charge in [0.05, 0.1) is 11.5 Å². The van der Waals surface area contributed by atoms with E-state index in [9.17, 15) is 18.0 Å². The Bertz CT molecular complexity index is 737. The summed E-state index contributed by atoms with van der Waals surface area (Å²) in [5.74, 6) is -1.11. The van der Waals surface area contributed by atoms with Crippen LogP contribution < -0.4 is 5.32 Å². The number of carbonyl (C=O) groups is 2. The molecular formula is C17H21NO5S. The summed E-state index contributed by atoms with van der Waals surface area (Å²) < 4.78 is 27.8. The largest absolute Gasteiger partial charge is 0.449 e. The highest BCUT2D eigenvalue weighted by Crippen LogP contribution is 2.11. The van der Waals surface area contributed by atoms with Crippen molar-refractivity contribution >= 4 is 27.8 Å². The molecule has 0 aromatic heterocycles. The molecule has 1 saturated heterocycles. The third-order valence-electron chi connectivity index (χ3n) is 3.73. The molecule has 1 aliphatic rings. The highest BCUT2D eigenvalue weighted by Gasteiger charge is 2.30. The Labute approximate surface area is 141 Å². The Hall–Kier alpha value is -2.15. The zero-order valence-electron chi connectivity index (χ0n) is 13.7. The normalized spacial score (nSPS) is 20.7. The fraction of sp³-hybridized carbons (Fsp3) is 0.412. The maximum atomic E-state index is 11.9. The number of nitrogens with one attached hydrogen (secondary N) is 1. The molecule has 24 heavy (non-hydrogen) atoms. The average molecular weight is 351 g/mol. The van der Waals surface area contributed by atoms with E-state index in [-0.39, 0.29) is 11.5 Å². The Kier molecular flexibility index (Phi) is 5.77. The van der Waals surface area contributed by atoms with Gasteiger partial charge in [-0.2, -0.15) is 0 Å². The number of benzene rings is 1. The summed E-state index contributed by atoms with van der Waals surface area (Å²) in [4.78, 5) is 23.7. The highest BCUT2D eigenvalue weighted by atomic mass is 32.2. The van der Waals surface area contributed by atoms with Crippen molar-refractivity contribution in [3.05, 3.63) is 41.5 Å². The number of rotatable bonds is 5. The van der Waals surface area contributed by atoms with Crippen molar-refractivity contribution in [1.29, 1.82) is 0 Å². The van der Waals surface area contributed by atoms with E-state index in [2.05, 4.69) is 5.32 Å². The van der Waals surface area contributed by atoms with Crippen molar-refractivity contribution in [3.63, 3.8) is 0 Å². The van der Waals surface area contributed by atoms with Gasteiger partial charge in [-0.15, -0.1) is 0 Å². The predicted octanol–water partition coefficient (Wildman–Crippen LogP) is 1.24. The molecule has 2 rings (SSSR count). The molecule has 0 radical (unpaired) electrons. The van der Waals surface area contributed by atoms with Crippen molar-refractivity contribution in [1.82, 2.24) is 5.32 Å². The molecule has 1 heterocycles. The lowest BCUT2D eigenvalue weighted by Crippen LogP contribution is -2.42. The van der Waals surface area contributed by atoms with E-state index in [0.29, 0.717) is 6.42 Å². The third-order valence-corrected chi connectivity index (χ3v) is 5.50. The minimum absolute atomic E-state index is 0.0628. The second-order valence-corrected chi connectivity index (χ2v) is 8.16. The summed E-state index contributed by atoms with van der Waals surface area (Å²) in [6.45, 7) is 3.42. The second-order valence-electron chi connectivity index (χ2n) is 5.93. The van der Waals surface area contributed by atoms with Gasteiger partial charge in [0, 0.05) is 12.1 Å². The van der Waals surface area contributed by atoms with E-state index in [1.54, 1.807) is 6.08 Å². The van der Waals surface area contributed by atoms with E-state index in [4.69, 9.17) is 4.74 Å². The molecule has 1 aromatic carbocycles. The third kappa shape index (κ3) is 5.49. The van der Waals surface area contributed by atoms with E-state index < -0.39 is 33.9 Å². The molecule has 0 unspecified atom stereocenters. The average Bonchev–Trinajstić information content (AvgIpc) is 2.85. The molecule has 2 atom stereocenters. The van der Waals surface area contributed by atoms with Gasteiger partial charge in [0.15, 0.2) is 15.9 Å². The molecule has 7 heteroatoms. The molecule has 1 fully saturated rings. The molecule has 0 aliphatic carbocycles. The zero-order valence-corrected chi connectivity index (χ0v) is 14.5. The van der Waals surface area contributed by atoms with E-state index in [1.807, 2.05) is 31.2 Å². The summed E-state index contributed by atoms with van der Waals surface area (Å²) >= 11 is 0. The number of carbonyl (C=O) groups excluding carboxylic acids is 2. The minimum Gasteiger partial charge on any atom is -0.449 e. The van der Waals surface area contributed by atoms with E-state index in [1.165, 1.54) is 13.0 Å². The van der Waals surface area contributed by atoms with E-state index in [0.717, 1.165) is 11.1 Å². The molecule has 1 aliphatic heterocycles. The van der Waals surface area contributed by atoms with Crippen LogP contribution in [0.1, 0.15) is 24.5 Å².